The third-order valence-electron chi connectivity index (χ3n) is 6.36. The summed E-state index contributed by atoms with van der Waals surface area (Å²) >= 11 is 1.61. The lowest BCUT2D eigenvalue weighted by molar-refractivity contribution is 0.0962. The van der Waals surface area contributed by atoms with E-state index in [-0.39, 0.29) is 11.8 Å². The summed E-state index contributed by atoms with van der Waals surface area (Å²) in [7, 11) is 1.60. The molecule has 0 radical (unpaired) electrons. The fraction of sp³-hybridized carbons (Fsp3) is 0.214. The molecule has 0 unspecified atom stereocenters. The molecule has 36 heavy (non-hydrogen) atoms. The van der Waals surface area contributed by atoms with Gasteiger partial charge in [-0.05, 0) is 86.2 Å². The second kappa shape index (κ2) is 10.3. The number of thiophene rings is 1. The maximum absolute atomic E-state index is 13.0. The highest BCUT2D eigenvalue weighted by molar-refractivity contribution is 7.14. The summed E-state index contributed by atoms with van der Waals surface area (Å²) < 4.78 is 0. The summed E-state index contributed by atoms with van der Waals surface area (Å²) in [4.78, 5) is 35.9. The number of carbonyl (C=O) groups is 2. The van der Waals surface area contributed by atoms with E-state index in [0.717, 1.165) is 45.9 Å². The largest absolute Gasteiger partial charge is 0.355 e. The number of fused-ring (bicyclic) bond motifs is 1. The maximum atomic E-state index is 13.0. The first kappa shape index (κ1) is 23.7. The van der Waals surface area contributed by atoms with Crippen molar-refractivity contribution in [3.63, 3.8) is 0 Å². The number of aromatic nitrogens is 2. The SMILES string of the molecule is CNC(=O)c1ccc(Nc2nccc(-c3cccc(NC(=O)c4cc5c(s4)CCCC5)c3C)n2)cc1. The average molecular weight is 498 g/mol. The number of hydrogen-bond donors (Lipinski definition) is 3. The van der Waals surface area contributed by atoms with E-state index in [1.54, 1.807) is 36.7 Å². The van der Waals surface area contributed by atoms with Gasteiger partial charge in [-0.2, -0.15) is 0 Å². The van der Waals surface area contributed by atoms with Crippen molar-refractivity contribution in [2.45, 2.75) is 32.6 Å². The normalized spacial score (nSPS) is 12.5. The molecule has 1 aliphatic carbocycles. The Morgan fingerprint density at radius 3 is 2.56 bits per heavy atom. The quantitative estimate of drug-likeness (QED) is 0.315. The molecule has 4 aromatic rings. The van der Waals surface area contributed by atoms with E-state index in [1.807, 2.05) is 43.3 Å². The third-order valence-corrected chi connectivity index (χ3v) is 7.60. The average Bonchev–Trinajstić information content (AvgIpc) is 3.35. The molecular weight excluding hydrogens is 470 g/mol. The number of amides is 2. The van der Waals surface area contributed by atoms with Gasteiger partial charge in [0.2, 0.25) is 5.95 Å². The van der Waals surface area contributed by atoms with Crippen LogP contribution in [-0.2, 0) is 12.8 Å². The Balaban J connectivity index is 1.34. The van der Waals surface area contributed by atoms with Crippen LogP contribution in [0.4, 0.5) is 17.3 Å². The van der Waals surface area contributed by atoms with Crippen molar-refractivity contribution in [2.24, 2.45) is 0 Å². The molecule has 5 rings (SSSR count). The molecule has 0 saturated heterocycles. The highest BCUT2D eigenvalue weighted by Crippen LogP contribution is 2.32. The predicted octanol–water partition coefficient (Wildman–Crippen LogP) is 5.75. The number of hydrogen-bond acceptors (Lipinski definition) is 6. The van der Waals surface area contributed by atoms with Crippen LogP contribution in [0, 0.1) is 6.92 Å². The van der Waals surface area contributed by atoms with E-state index in [1.165, 1.54) is 23.3 Å². The zero-order chi connectivity index (χ0) is 25.1. The molecule has 7 nitrogen and oxygen atoms in total. The summed E-state index contributed by atoms with van der Waals surface area (Å²) in [6, 6.07) is 16.8. The van der Waals surface area contributed by atoms with E-state index in [9.17, 15) is 9.59 Å². The van der Waals surface area contributed by atoms with Crippen molar-refractivity contribution in [2.75, 3.05) is 17.7 Å². The van der Waals surface area contributed by atoms with Crippen LogP contribution in [-0.4, -0.2) is 28.8 Å². The van der Waals surface area contributed by atoms with Crippen molar-refractivity contribution < 1.29 is 9.59 Å². The van der Waals surface area contributed by atoms with Crippen LogP contribution in [0.3, 0.4) is 0 Å². The summed E-state index contributed by atoms with van der Waals surface area (Å²) in [6.07, 6.45) is 6.24. The van der Waals surface area contributed by atoms with Gasteiger partial charge in [0.25, 0.3) is 11.8 Å². The van der Waals surface area contributed by atoms with Crippen molar-refractivity contribution in [1.82, 2.24) is 15.3 Å². The van der Waals surface area contributed by atoms with Gasteiger partial charge in [0.1, 0.15) is 0 Å². The second-order valence-corrected chi connectivity index (χ2v) is 9.88. The highest BCUT2D eigenvalue weighted by atomic mass is 32.1. The topological polar surface area (TPSA) is 96.0 Å². The van der Waals surface area contributed by atoms with Gasteiger partial charge in [0, 0.05) is 40.6 Å². The van der Waals surface area contributed by atoms with Gasteiger partial charge < -0.3 is 16.0 Å². The van der Waals surface area contributed by atoms with Crippen molar-refractivity contribution >= 4 is 40.5 Å². The maximum Gasteiger partial charge on any atom is 0.265 e. The number of carbonyl (C=O) groups excluding carboxylic acids is 2. The van der Waals surface area contributed by atoms with Crippen LogP contribution in [0.15, 0.2) is 60.8 Å². The van der Waals surface area contributed by atoms with Crippen LogP contribution < -0.4 is 16.0 Å². The summed E-state index contributed by atoms with van der Waals surface area (Å²) in [5, 5.41) is 8.90. The summed E-state index contributed by atoms with van der Waals surface area (Å²) in [6.45, 7) is 1.98. The molecule has 1 aliphatic rings. The number of aryl methyl sites for hydroxylation is 2. The number of rotatable bonds is 6. The van der Waals surface area contributed by atoms with E-state index in [0.29, 0.717) is 11.5 Å². The van der Waals surface area contributed by atoms with Crippen LogP contribution in [0.5, 0.6) is 0 Å². The fourth-order valence-corrected chi connectivity index (χ4v) is 5.53. The van der Waals surface area contributed by atoms with Gasteiger partial charge in [0.05, 0.1) is 10.6 Å². The van der Waals surface area contributed by atoms with Crippen molar-refractivity contribution in [3.05, 3.63) is 87.2 Å². The van der Waals surface area contributed by atoms with Crippen LogP contribution in [0.2, 0.25) is 0 Å². The molecule has 2 aromatic heterocycles. The first-order chi connectivity index (χ1) is 17.5. The molecule has 182 valence electrons. The number of nitrogens with one attached hydrogen (secondary N) is 3. The molecule has 3 N–H and O–H groups in total. The van der Waals surface area contributed by atoms with E-state index >= 15 is 0 Å². The van der Waals surface area contributed by atoms with Gasteiger partial charge in [-0.25, -0.2) is 9.97 Å². The van der Waals surface area contributed by atoms with Crippen LogP contribution in [0.25, 0.3) is 11.3 Å². The Kier molecular flexibility index (Phi) is 6.77. The lowest BCUT2D eigenvalue weighted by Gasteiger charge is -2.13. The van der Waals surface area contributed by atoms with Gasteiger partial charge in [-0.1, -0.05) is 12.1 Å². The smallest absolute Gasteiger partial charge is 0.265 e. The Bertz CT molecular complexity index is 1400. The van der Waals surface area contributed by atoms with Crippen LogP contribution >= 0.6 is 11.3 Å². The minimum Gasteiger partial charge on any atom is -0.355 e. The lowest BCUT2D eigenvalue weighted by Crippen LogP contribution is -2.17. The minimum atomic E-state index is -0.138. The van der Waals surface area contributed by atoms with Crippen molar-refractivity contribution in [1.29, 1.82) is 0 Å². The molecule has 0 fully saturated rings. The first-order valence-corrected chi connectivity index (χ1v) is 12.8. The molecule has 8 heteroatoms. The molecule has 0 bridgehead atoms. The molecule has 2 aromatic carbocycles. The number of benzene rings is 2. The standard InChI is InChI=1S/C28H27N5O2S/c1-17-21(7-5-8-22(17)32-27(35)25-16-19-6-3-4-9-24(19)36-25)23-14-15-30-28(33-23)31-20-12-10-18(11-13-20)26(34)29-2/h5,7-8,10-16H,3-4,6,9H2,1-2H3,(H,29,34)(H,32,35)(H,30,31,33). The van der Waals surface area contributed by atoms with Gasteiger partial charge in [-0.3, -0.25) is 9.59 Å². The molecule has 2 amide bonds. The zero-order valence-corrected chi connectivity index (χ0v) is 21.0. The third kappa shape index (κ3) is 4.99. The second-order valence-electron chi connectivity index (χ2n) is 8.75. The lowest BCUT2D eigenvalue weighted by atomic mass is 9.99. The number of nitrogens with zero attached hydrogens (tertiary/aromatic N) is 2. The Morgan fingerprint density at radius 2 is 1.78 bits per heavy atom. The monoisotopic (exact) mass is 497 g/mol. The van der Waals surface area contributed by atoms with E-state index < -0.39 is 0 Å². The summed E-state index contributed by atoms with van der Waals surface area (Å²) in [5.74, 6) is 0.235. The van der Waals surface area contributed by atoms with E-state index in [4.69, 9.17) is 0 Å². The fourth-order valence-electron chi connectivity index (χ4n) is 4.38. The van der Waals surface area contributed by atoms with Gasteiger partial charge in [-0.15, -0.1) is 11.3 Å². The zero-order valence-electron chi connectivity index (χ0n) is 20.2. The predicted molar refractivity (Wildman–Crippen MR) is 144 cm³/mol. The van der Waals surface area contributed by atoms with E-state index in [2.05, 4.69) is 32.0 Å². The Hall–Kier alpha value is -4.04. The van der Waals surface area contributed by atoms with Gasteiger partial charge in [0.15, 0.2) is 0 Å². The Labute approximate surface area is 214 Å². The highest BCUT2D eigenvalue weighted by Gasteiger charge is 2.18. The molecule has 0 atom stereocenters. The molecule has 0 saturated carbocycles. The first-order valence-electron chi connectivity index (χ1n) is 12.0. The molecule has 0 spiro atoms. The molecule has 0 aliphatic heterocycles. The van der Waals surface area contributed by atoms with Crippen molar-refractivity contribution in [3.8, 4) is 11.3 Å². The van der Waals surface area contributed by atoms with Gasteiger partial charge >= 0.3 is 0 Å². The Morgan fingerprint density at radius 1 is 0.972 bits per heavy atom. The number of anilines is 3. The van der Waals surface area contributed by atoms with Crippen LogP contribution in [0.1, 0.15) is 48.9 Å². The minimum absolute atomic E-state index is 0.0695. The summed E-state index contributed by atoms with van der Waals surface area (Å²) in [5.41, 5.74) is 6.04. The molecule has 2 heterocycles. The molecular formula is C28H27N5O2S.